The molecule has 0 spiro atoms. The van der Waals surface area contributed by atoms with Crippen LogP contribution in [0.3, 0.4) is 0 Å². The summed E-state index contributed by atoms with van der Waals surface area (Å²) in [5.74, 6) is 0.593. The van der Waals surface area contributed by atoms with Crippen LogP contribution in [0.15, 0.2) is 65.6 Å². The quantitative estimate of drug-likeness (QED) is 0.414. The van der Waals surface area contributed by atoms with Gasteiger partial charge in [0, 0.05) is 55.1 Å². The highest BCUT2D eigenvalue weighted by Gasteiger charge is 2.20. The van der Waals surface area contributed by atoms with Gasteiger partial charge in [-0.05, 0) is 55.0 Å². The first kappa shape index (κ1) is 21.0. The van der Waals surface area contributed by atoms with E-state index in [1.165, 1.54) is 5.56 Å². The van der Waals surface area contributed by atoms with Crippen molar-refractivity contribution in [1.29, 1.82) is 0 Å². The minimum atomic E-state index is -0.161. The third-order valence-electron chi connectivity index (χ3n) is 6.74. The van der Waals surface area contributed by atoms with Gasteiger partial charge in [0.2, 0.25) is 0 Å². The Bertz CT molecular complexity index is 1860. The van der Waals surface area contributed by atoms with Crippen molar-refractivity contribution in [2.45, 2.75) is 6.92 Å². The molecule has 6 aromatic rings. The molecular formula is C27H24N6O2. The van der Waals surface area contributed by atoms with Gasteiger partial charge in [-0.15, -0.1) is 0 Å². The standard InChI is InChI=1S/C27H24N6O2/c1-15-5-8-18-19(14-29-20(18)11-15)25-30-21-12-16(26(34)28-2)6-9-22(21)33(25)17-7-10-23-24(13-17)32(4)27(35)31(23)3/h5-14,29H,1-4H3,(H,28,34). The van der Waals surface area contributed by atoms with Crippen LogP contribution in [0, 0.1) is 6.92 Å². The Morgan fingerprint density at radius 3 is 2.51 bits per heavy atom. The van der Waals surface area contributed by atoms with Crippen LogP contribution in [0.4, 0.5) is 0 Å². The van der Waals surface area contributed by atoms with Gasteiger partial charge >= 0.3 is 5.69 Å². The molecule has 8 nitrogen and oxygen atoms in total. The fourth-order valence-corrected chi connectivity index (χ4v) is 4.87. The van der Waals surface area contributed by atoms with Crippen molar-refractivity contribution in [2.24, 2.45) is 14.1 Å². The molecule has 0 saturated carbocycles. The predicted molar refractivity (Wildman–Crippen MR) is 138 cm³/mol. The van der Waals surface area contributed by atoms with E-state index in [1.54, 1.807) is 36.3 Å². The molecule has 0 fully saturated rings. The van der Waals surface area contributed by atoms with Crippen molar-refractivity contribution in [3.05, 3.63) is 82.4 Å². The van der Waals surface area contributed by atoms with E-state index in [0.29, 0.717) is 11.1 Å². The lowest BCUT2D eigenvalue weighted by molar-refractivity contribution is 0.0963. The third kappa shape index (κ3) is 3.03. The minimum Gasteiger partial charge on any atom is -0.360 e. The maximum atomic E-state index is 12.5. The SMILES string of the molecule is CNC(=O)c1ccc2c(c1)nc(-c1c[nH]c3cc(C)ccc13)n2-c1ccc2c(c1)n(C)c(=O)n2C. The van der Waals surface area contributed by atoms with Crippen molar-refractivity contribution in [2.75, 3.05) is 7.05 Å². The number of benzene rings is 3. The number of imidazole rings is 2. The number of aromatic amines is 1. The van der Waals surface area contributed by atoms with E-state index in [4.69, 9.17) is 4.98 Å². The summed E-state index contributed by atoms with van der Waals surface area (Å²) >= 11 is 0. The Morgan fingerprint density at radius 1 is 0.943 bits per heavy atom. The fourth-order valence-electron chi connectivity index (χ4n) is 4.87. The van der Waals surface area contributed by atoms with Crippen LogP contribution in [0.5, 0.6) is 0 Å². The Morgan fingerprint density at radius 2 is 1.71 bits per heavy atom. The molecule has 3 heterocycles. The second-order valence-corrected chi connectivity index (χ2v) is 8.88. The van der Waals surface area contributed by atoms with E-state index in [-0.39, 0.29) is 11.6 Å². The van der Waals surface area contributed by atoms with E-state index >= 15 is 0 Å². The highest BCUT2D eigenvalue weighted by atomic mass is 16.2. The van der Waals surface area contributed by atoms with Crippen LogP contribution in [-0.2, 0) is 14.1 Å². The van der Waals surface area contributed by atoms with E-state index in [1.807, 2.05) is 36.5 Å². The van der Waals surface area contributed by atoms with Crippen molar-refractivity contribution in [3.8, 4) is 17.1 Å². The minimum absolute atomic E-state index is 0.0740. The third-order valence-corrected chi connectivity index (χ3v) is 6.74. The van der Waals surface area contributed by atoms with Gasteiger partial charge in [-0.25, -0.2) is 9.78 Å². The fraction of sp³-hybridized carbons (Fsp3) is 0.148. The molecule has 1 amide bonds. The summed E-state index contributed by atoms with van der Waals surface area (Å²) in [6, 6.07) is 17.8. The highest BCUT2D eigenvalue weighted by molar-refractivity contribution is 6.00. The average molecular weight is 465 g/mol. The van der Waals surface area contributed by atoms with Crippen LogP contribution in [0.1, 0.15) is 15.9 Å². The van der Waals surface area contributed by atoms with E-state index in [0.717, 1.165) is 44.5 Å². The molecular weight excluding hydrogens is 440 g/mol. The summed E-state index contributed by atoms with van der Waals surface area (Å²) in [4.78, 5) is 33.2. The Hall–Kier alpha value is -4.59. The maximum absolute atomic E-state index is 12.5. The first-order valence-electron chi connectivity index (χ1n) is 11.4. The molecule has 0 saturated heterocycles. The molecule has 3 aromatic heterocycles. The number of carbonyl (C=O) groups excluding carboxylic acids is 1. The zero-order valence-corrected chi connectivity index (χ0v) is 19.9. The van der Waals surface area contributed by atoms with Crippen molar-refractivity contribution < 1.29 is 4.79 Å². The normalized spacial score (nSPS) is 11.7. The average Bonchev–Trinajstić information content (AvgIpc) is 3.51. The summed E-state index contributed by atoms with van der Waals surface area (Å²) in [5.41, 5.74) is 7.79. The number of hydrogen-bond acceptors (Lipinski definition) is 3. The Balaban J connectivity index is 1.68. The van der Waals surface area contributed by atoms with E-state index < -0.39 is 0 Å². The summed E-state index contributed by atoms with van der Waals surface area (Å²) in [5, 5.41) is 3.74. The van der Waals surface area contributed by atoms with Crippen molar-refractivity contribution >= 4 is 38.9 Å². The van der Waals surface area contributed by atoms with Gasteiger partial charge in [-0.2, -0.15) is 0 Å². The Kier molecular flexibility index (Phi) is 4.47. The summed E-state index contributed by atoms with van der Waals surface area (Å²) in [6.45, 7) is 2.06. The van der Waals surface area contributed by atoms with Crippen LogP contribution in [-0.4, -0.2) is 36.6 Å². The van der Waals surface area contributed by atoms with Gasteiger partial charge in [0.25, 0.3) is 5.91 Å². The highest BCUT2D eigenvalue weighted by Crippen LogP contribution is 2.34. The molecule has 0 aliphatic carbocycles. The smallest absolute Gasteiger partial charge is 0.328 e. The van der Waals surface area contributed by atoms with Gasteiger partial charge in [0.15, 0.2) is 0 Å². The molecule has 0 radical (unpaired) electrons. The molecule has 35 heavy (non-hydrogen) atoms. The molecule has 8 heteroatoms. The molecule has 3 aromatic carbocycles. The zero-order chi connectivity index (χ0) is 24.4. The monoisotopic (exact) mass is 464 g/mol. The first-order chi connectivity index (χ1) is 16.9. The van der Waals surface area contributed by atoms with Gasteiger partial charge in [-0.3, -0.25) is 18.5 Å². The molecule has 0 atom stereocenters. The van der Waals surface area contributed by atoms with Crippen LogP contribution in [0.25, 0.3) is 50.0 Å². The summed E-state index contributed by atoms with van der Waals surface area (Å²) < 4.78 is 5.38. The van der Waals surface area contributed by atoms with Gasteiger partial charge < -0.3 is 10.3 Å². The number of aryl methyl sites for hydroxylation is 3. The van der Waals surface area contributed by atoms with Crippen molar-refractivity contribution in [1.82, 2.24) is 29.0 Å². The second kappa shape index (κ2) is 7.46. The number of nitrogens with one attached hydrogen (secondary N) is 2. The lowest BCUT2D eigenvalue weighted by Gasteiger charge is -2.10. The molecule has 0 aliphatic heterocycles. The molecule has 0 unspecified atom stereocenters. The summed E-state index contributed by atoms with van der Waals surface area (Å²) in [6.07, 6.45) is 1.97. The number of fused-ring (bicyclic) bond motifs is 3. The number of rotatable bonds is 3. The maximum Gasteiger partial charge on any atom is 0.328 e. The van der Waals surface area contributed by atoms with Gasteiger partial charge in [0.05, 0.1) is 22.1 Å². The number of carbonyl (C=O) groups is 1. The largest absolute Gasteiger partial charge is 0.360 e. The van der Waals surface area contributed by atoms with Gasteiger partial charge in [-0.1, -0.05) is 12.1 Å². The van der Waals surface area contributed by atoms with Crippen molar-refractivity contribution in [3.63, 3.8) is 0 Å². The molecule has 0 aliphatic rings. The number of amides is 1. The number of aromatic nitrogens is 5. The first-order valence-corrected chi connectivity index (χ1v) is 11.4. The number of hydrogen-bond donors (Lipinski definition) is 2. The van der Waals surface area contributed by atoms with E-state index in [9.17, 15) is 9.59 Å². The van der Waals surface area contributed by atoms with Crippen LogP contribution < -0.4 is 11.0 Å². The molecule has 6 rings (SSSR count). The van der Waals surface area contributed by atoms with E-state index in [2.05, 4.69) is 40.0 Å². The molecule has 0 bridgehead atoms. The lowest BCUT2D eigenvalue weighted by atomic mass is 10.1. The van der Waals surface area contributed by atoms with Crippen LogP contribution in [0.2, 0.25) is 0 Å². The molecule has 174 valence electrons. The molecule has 2 N–H and O–H groups in total. The topological polar surface area (TPSA) is 89.6 Å². The van der Waals surface area contributed by atoms with Crippen LogP contribution >= 0.6 is 0 Å². The lowest BCUT2D eigenvalue weighted by Crippen LogP contribution is -2.19. The number of H-pyrrole nitrogens is 1. The second-order valence-electron chi connectivity index (χ2n) is 8.88. The number of nitrogens with zero attached hydrogens (tertiary/aromatic N) is 4. The Labute approximate surface area is 200 Å². The zero-order valence-electron chi connectivity index (χ0n) is 19.9. The predicted octanol–water partition coefficient (Wildman–Crippen LogP) is 4.03. The van der Waals surface area contributed by atoms with Gasteiger partial charge in [0.1, 0.15) is 5.82 Å². The summed E-state index contributed by atoms with van der Waals surface area (Å²) in [7, 11) is 5.17.